The Morgan fingerprint density at radius 1 is 1.16 bits per heavy atom. The molecule has 9 heteroatoms. The molecule has 1 amide bonds. The third kappa shape index (κ3) is 6.10. The van der Waals surface area contributed by atoms with Crippen molar-refractivity contribution in [2.24, 2.45) is 5.41 Å². The van der Waals surface area contributed by atoms with Crippen LogP contribution in [0.3, 0.4) is 0 Å². The minimum Gasteiger partial charge on any atom is -0.385 e. The smallest absolute Gasteiger partial charge is 0.263 e. The Morgan fingerprint density at radius 3 is 2.28 bits per heavy atom. The number of anilines is 1. The van der Waals surface area contributed by atoms with Crippen molar-refractivity contribution in [2.75, 3.05) is 18.4 Å². The monoisotopic (exact) mass is 464 g/mol. The highest BCUT2D eigenvalue weighted by atomic mass is 32.2. The van der Waals surface area contributed by atoms with Crippen molar-refractivity contribution in [1.82, 2.24) is 15.1 Å². The van der Waals surface area contributed by atoms with E-state index in [-0.39, 0.29) is 39.7 Å². The molecule has 0 fully saturated rings. The van der Waals surface area contributed by atoms with Crippen LogP contribution in [0, 0.1) is 19.3 Å². The van der Waals surface area contributed by atoms with Crippen molar-refractivity contribution in [3.05, 3.63) is 41.1 Å². The van der Waals surface area contributed by atoms with Gasteiger partial charge in [-0.15, -0.1) is 0 Å². The van der Waals surface area contributed by atoms with Crippen LogP contribution in [0.2, 0.25) is 0 Å². The molecule has 2 N–H and O–H groups in total. The standard InChI is InChI=1S/C23H36N4O4S/c1-15-9-11-19(12-10-15)32(29,30)26-21-20(22(28)24-18(4)23(5,6)7)17(3)25-27(21)16(2)13-14-31-8/h9-12,16,18,26H,13-14H2,1-8H3,(H,24,28)/t16?,18-/m0/s1. The number of sulfonamides is 1. The number of hydrogen-bond acceptors (Lipinski definition) is 5. The van der Waals surface area contributed by atoms with Crippen LogP contribution in [0.5, 0.6) is 0 Å². The highest BCUT2D eigenvalue weighted by Gasteiger charge is 2.30. The molecule has 0 bridgehead atoms. The molecule has 0 saturated heterocycles. The maximum atomic E-state index is 13.2. The van der Waals surface area contributed by atoms with E-state index in [1.807, 2.05) is 41.5 Å². The number of aromatic nitrogens is 2. The van der Waals surface area contributed by atoms with Gasteiger partial charge in [0.1, 0.15) is 5.56 Å². The average molecular weight is 465 g/mol. The van der Waals surface area contributed by atoms with Crippen molar-refractivity contribution in [3.8, 4) is 0 Å². The quantitative estimate of drug-likeness (QED) is 0.583. The number of amides is 1. The topological polar surface area (TPSA) is 102 Å². The van der Waals surface area contributed by atoms with Gasteiger partial charge in [0.05, 0.1) is 16.6 Å². The van der Waals surface area contributed by atoms with Crippen LogP contribution >= 0.6 is 0 Å². The number of aryl methyl sites for hydroxylation is 2. The first-order valence-electron chi connectivity index (χ1n) is 10.8. The Labute approximate surface area is 191 Å². The lowest BCUT2D eigenvalue weighted by atomic mass is 9.88. The van der Waals surface area contributed by atoms with Gasteiger partial charge in [-0.25, -0.2) is 13.1 Å². The molecule has 0 spiro atoms. The molecule has 0 radical (unpaired) electrons. The zero-order valence-electron chi connectivity index (χ0n) is 20.3. The number of rotatable bonds is 9. The SMILES string of the molecule is COCCC(C)n1nc(C)c(C(=O)N[C@@H](C)C(C)(C)C)c1NS(=O)(=O)c1ccc(C)cc1. The van der Waals surface area contributed by atoms with Crippen molar-refractivity contribution >= 4 is 21.7 Å². The van der Waals surface area contributed by atoms with E-state index in [0.29, 0.717) is 18.7 Å². The fraction of sp³-hybridized carbons (Fsp3) is 0.565. The molecule has 0 aliphatic heterocycles. The largest absolute Gasteiger partial charge is 0.385 e. The second kappa shape index (κ2) is 10.0. The summed E-state index contributed by atoms with van der Waals surface area (Å²) in [6, 6.07) is 6.23. The van der Waals surface area contributed by atoms with Crippen LogP contribution in [-0.2, 0) is 14.8 Å². The summed E-state index contributed by atoms with van der Waals surface area (Å²) < 4.78 is 35.7. The first kappa shape index (κ1) is 25.9. The number of carbonyl (C=O) groups excluding carboxylic acids is 1. The molecule has 0 aliphatic carbocycles. The Morgan fingerprint density at radius 2 is 1.75 bits per heavy atom. The van der Waals surface area contributed by atoms with E-state index in [2.05, 4.69) is 15.1 Å². The van der Waals surface area contributed by atoms with Gasteiger partial charge in [-0.1, -0.05) is 38.5 Å². The number of ether oxygens (including phenoxy) is 1. The minimum atomic E-state index is -3.93. The second-order valence-electron chi connectivity index (χ2n) is 9.36. The Bertz CT molecular complexity index is 1040. The predicted octanol–water partition coefficient (Wildman–Crippen LogP) is 4.06. The van der Waals surface area contributed by atoms with Crippen LogP contribution < -0.4 is 10.0 Å². The zero-order chi connectivity index (χ0) is 24.3. The lowest BCUT2D eigenvalue weighted by molar-refractivity contribution is 0.0910. The van der Waals surface area contributed by atoms with Gasteiger partial charge >= 0.3 is 0 Å². The number of benzene rings is 1. The summed E-state index contributed by atoms with van der Waals surface area (Å²) in [5.41, 5.74) is 1.47. The molecule has 178 valence electrons. The first-order valence-corrected chi connectivity index (χ1v) is 12.2. The van der Waals surface area contributed by atoms with Crippen molar-refractivity contribution < 1.29 is 17.9 Å². The van der Waals surface area contributed by atoms with Gasteiger partial charge in [-0.2, -0.15) is 5.10 Å². The van der Waals surface area contributed by atoms with E-state index >= 15 is 0 Å². The van der Waals surface area contributed by atoms with Crippen LogP contribution in [0.1, 0.15) is 68.7 Å². The van der Waals surface area contributed by atoms with E-state index in [0.717, 1.165) is 5.56 Å². The number of nitrogens with zero attached hydrogens (tertiary/aromatic N) is 2. The van der Waals surface area contributed by atoms with Gasteiger partial charge in [0.25, 0.3) is 15.9 Å². The predicted molar refractivity (Wildman–Crippen MR) is 127 cm³/mol. The molecule has 32 heavy (non-hydrogen) atoms. The summed E-state index contributed by atoms with van der Waals surface area (Å²) in [7, 11) is -2.32. The molecule has 1 unspecified atom stereocenters. The highest BCUT2D eigenvalue weighted by molar-refractivity contribution is 7.92. The van der Waals surface area contributed by atoms with E-state index in [1.54, 1.807) is 43.0 Å². The third-order valence-corrected chi connectivity index (χ3v) is 7.03. The Hall–Kier alpha value is -2.39. The zero-order valence-corrected chi connectivity index (χ0v) is 21.1. The van der Waals surface area contributed by atoms with E-state index in [9.17, 15) is 13.2 Å². The van der Waals surface area contributed by atoms with Crippen molar-refractivity contribution in [2.45, 2.75) is 71.9 Å². The van der Waals surface area contributed by atoms with Gasteiger partial charge in [-0.3, -0.25) is 9.52 Å². The molecule has 0 saturated carbocycles. The lowest BCUT2D eigenvalue weighted by Crippen LogP contribution is -2.41. The normalized spacial score (nSPS) is 14.1. The molecular weight excluding hydrogens is 428 g/mol. The summed E-state index contributed by atoms with van der Waals surface area (Å²) in [6.45, 7) is 14.0. The van der Waals surface area contributed by atoms with Crippen LogP contribution in [0.4, 0.5) is 5.82 Å². The van der Waals surface area contributed by atoms with Gasteiger partial charge < -0.3 is 10.1 Å². The average Bonchev–Trinajstić information content (AvgIpc) is 3.01. The molecule has 1 heterocycles. The molecule has 2 atom stereocenters. The van der Waals surface area contributed by atoms with Gasteiger partial charge in [0, 0.05) is 19.8 Å². The maximum absolute atomic E-state index is 13.2. The molecule has 1 aromatic carbocycles. The summed E-state index contributed by atoms with van der Waals surface area (Å²) in [6.07, 6.45) is 0.607. The summed E-state index contributed by atoms with van der Waals surface area (Å²) >= 11 is 0. The molecule has 1 aromatic heterocycles. The molecular formula is C23H36N4O4S. The van der Waals surface area contributed by atoms with Crippen LogP contribution in [0.15, 0.2) is 29.2 Å². The second-order valence-corrected chi connectivity index (χ2v) is 11.0. The molecule has 0 aliphatic rings. The van der Waals surface area contributed by atoms with Crippen molar-refractivity contribution in [1.29, 1.82) is 0 Å². The third-order valence-electron chi connectivity index (χ3n) is 5.68. The molecule has 8 nitrogen and oxygen atoms in total. The number of methoxy groups -OCH3 is 1. The highest BCUT2D eigenvalue weighted by Crippen LogP contribution is 2.28. The van der Waals surface area contributed by atoms with E-state index in [4.69, 9.17) is 4.74 Å². The van der Waals surface area contributed by atoms with Gasteiger partial charge in [-0.05, 0) is 51.7 Å². The Balaban J connectivity index is 2.53. The molecule has 2 aromatic rings. The number of nitrogens with one attached hydrogen (secondary N) is 2. The summed E-state index contributed by atoms with van der Waals surface area (Å²) in [4.78, 5) is 13.4. The van der Waals surface area contributed by atoms with E-state index in [1.165, 1.54) is 0 Å². The first-order chi connectivity index (χ1) is 14.8. The number of hydrogen-bond donors (Lipinski definition) is 2. The van der Waals surface area contributed by atoms with Crippen LogP contribution in [0.25, 0.3) is 0 Å². The minimum absolute atomic E-state index is 0.118. The molecule has 2 rings (SSSR count). The summed E-state index contributed by atoms with van der Waals surface area (Å²) in [5.74, 6) is -0.206. The van der Waals surface area contributed by atoms with Gasteiger partial charge in [0.15, 0.2) is 5.82 Å². The van der Waals surface area contributed by atoms with E-state index < -0.39 is 10.0 Å². The fourth-order valence-corrected chi connectivity index (χ4v) is 4.10. The van der Waals surface area contributed by atoms with Crippen molar-refractivity contribution in [3.63, 3.8) is 0 Å². The van der Waals surface area contributed by atoms with Crippen LogP contribution in [-0.4, -0.2) is 43.9 Å². The van der Waals surface area contributed by atoms with Gasteiger partial charge in [0.2, 0.25) is 0 Å². The summed E-state index contributed by atoms with van der Waals surface area (Å²) in [5, 5.41) is 7.51. The fourth-order valence-electron chi connectivity index (χ4n) is 3.04. The Kier molecular flexibility index (Phi) is 8.12. The lowest BCUT2D eigenvalue weighted by Gasteiger charge is -2.28. The number of carbonyl (C=O) groups is 1. The maximum Gasteiger partial charge on any atom is 0.263 e.